The highest BCUT2D eigenvalue weighted by Crippen LogP contribution is 2.40. The monoisotopic (exact) mass is 435 g/mol. The summed E-state index contributed by atoms with van der Waals surface area (Å²) in [5.74, 6) is 1.15. The van der Waals surface area contributed by atoms with Crippen LogP contribution >= 0.6 is 11.3 Å². The Labute approximate surface area is 187 Å². The molecule has 6 heteroatoms. The lowest BCUT2D eigenvalue weighted by atomic mass is 9.78. The molecular formula is C25H29N3O2S. The SMILES string of the molecule is Cc1cc(C)cc(N=c2scc(-c3cccc([N+](=O)[O-])c3)n2C2CCCC(C)C2C)c1. The molecule has 5 nitrogen and oxygen atoms in total. The third kappa shape index (κ3) is 4.49. The van der Waals surface area contributed by atoms with Crippen molar-refractivity contribution in [2.24, 2.45) is 16.8 Å². The lowest BCUT2D eigenvalue weighted by molar-refractivity contribution is -0.384. The van der Waals surface area contributed by atoms with Gasteiger partial charge in [-0.15, -0.1) is 11.3 Å². The summed E-state index contributed by atoms with van der Waals surface area (Å²) < 4.78 is 2.35. The van der Waals surface area contributed by atoms with Crippen molar-refractivity contribution < 1.29 is 4.92 Å². The number of nitro benzene ring substituents is 1. The van der Waals surface area contributed by atoms with Crippen molar-refractivity contribution in [1.82, 2.24) is 4.57 Å². The Morgan fingerprint density at radius 3 is 2.55 bits per heavy atom. The molecule has 2 aromatic carbocycles. The number of hydrogen-bond acceptors (Lipinski definition) is 4. The first-order valence-electron chi connectivity index (χ1n) is 10.9. The molecule has 0 radical (unpaired) electrons. The number of aryl methyl sites for hydroxylation is 2. The molecule has 162 valence electrons. The van der Waals surface area contributed by atoms with Crippen LogP contribution < -0.4 is 4.80 Å². The lowest BCUT2D eigenvalue weighted by Crippen LogP contribution is -2.32. The number of thiazole rings is 1. The second-order valence-electron chi connectivity index (χ2n) is 8.87. The normalized spacial score (nSPS) is 21.9. The van der Waals surface area contributed by atoms with E-state index in [1.807, 2.05) is 6.07 Å². The maximum Gasteiger partial charge on any atom is 0.270 e. The van der Waals surface area contributed by atoms with E-state index in [0.717, 1.165) is 28.2 Å². The van der Waals surface area contributed by atoms with Gasteiger partial charge >= 0.3 is 0 Å². The highest BCUT2D eigenvalue weighted by atomic mass is 32.1. The lowest BCUT2D eigenvalue weighted by Gasteiger charge is -2.36. The summed E-state index contributed by atoms with van der Waals surface area (Å²) in [6, 6.07) is 13.7. The summed E-state index contributed by atoms with van der Waals surface area (Å²) in [6.07, 6.45) is 3.54. The Balaban J connectivity index is 1.91. The Bertz CT molecular complexity index is 1160. The van der Waals surface area contributed by atoms with Gasteiger partial charge in [0.2, 0.25) is 0 Å². The summed E-state index contributed by atoms with van der Waals surface area (Å²) in [4.78, 5) is 17.0. The molecule has 3 aromatic rings. The molecule has 3 atom stereocenters. The number of non-ortho nitro benzene ring substituents is 1. The number of rotatable bonds is 4. The first kappa shape index (κ1) is 21.5. The average Bonchev–Trinajstić information content (AvgIpc) is 3.12. The molecule has 0 N–H and O–H groups in total. The molecule has 1 aliphatic rings. The second kappa shape index (κ2) is 8.79. The van der Waals surface area contributed by atoms with E-state index in [2.05, 4.69) is 55.8 Å². The molecule has 0 spiro atoms. The molecule has 0 saturated heterocycles. The zero-order valence-corrected chi connectivity index (χ0v) is 19.4. The van der Waals surface area contributed by atoms with Crippen molar-refractivity contribution in [3.05, 3.63) is 73.9 Å². The van der Waals surface area contributed by atoms with Crippen molar-refractivity contribution in [2.75, 3.05) is 0 Å². The molecule has 1 saturated carbocycles. The van der Waals surface area contributed by atoms with Crippen LogP contribution in [0.3, 0.4) is 0 Å². The number of aromatic nitrogens is 1. The van der Waals surface area contributed by atoms with Gasteiger partial charge in [0.15, 0.2) is 4.80 Å². The van der Waals surface area contributed by atoms with Crippen molar-refractivity contribution in [1.29, 1.82) is 0 Å². The minimum absolute atomic E-state index is 0.119. The molecular weight excluding hydrogens is 406 g/mol. The number of nitrogens with zero attached hydrogens (tertiary/aromatic N) is 3. The predicted molar refractivity (Wildman–Crippen MR) is 127 cm³/mol. The van der Waals surface area contributed by atoms with Gasteiger partial charge in [-0.2, -0.15) is 0 Å². The van der Waals surface area contributed by atoms with Gasteiger partial charge in [-0.05, 0) is 55.4 Å². The first-order chi connectivity index (χ1) is 14.8. The van der Waals surface area contributed by atoms with Gasteiger partial charge in [0.1, 0.15) is 0 Å². The van der Waals surface area contributed by atoms with Crippen molar-refractivity contribution in [3.8, 4) is 11.3 Å². The summed E-state index contributed by atoms with van der Waals surface area (Å²) in [6.45, 7) is 8.84. The van der Waals surface area contributed by atoms with E-state index < -0.39 is 0 Å². The molecule has 1 heterocycles. The first-order valence-corrected chi connectivity index (χ1v) is 11.8. The van der Waals surface area contributed by atoms with Gasteiger partial charge in [0.25, 0.3) is 5.69 Å². The van der Waals surface area contributed by atoms with Gasteiger partial charge in [-0.3, -0.25) is 10.1 Å². The Hall–Kier alpha value is -2.73. The molecule has 0 aliphatic heterocycles. The zero-order chi connectivity index (χ0) is 22.1. The van der Waals surface area contributed by atoms with E-state index in [-0.39, 0.29) is 10.6 Å². The van der Waals surface area contributed by atoms with Crippen LogP contribution in [0.4, 0.5) is 11.4 Å². The molecule has 4 rings (SSSR count). The molecule has 1 fully saturated rings. The van der Waals surface area contributed by atoms with Crippen molar-refractivity contribution in [3.63, 3.8) is 0 Å². The fraction of sp³-hybridized carbons (Fsp3) is 0.400. The van der Waals surface area contributed by atoms with Gasteiger partial charge in [-0.1, -0.05) is 44.9 Å². The van der Waals surface area contributed by atoms with Crippen LogP contribution in [-0.4, -0.2) is 9.49 Å². The molecule has 1 aromatic heterocycles. The highest BCUT2D eigenvalue weighted by Gasteiger charge is 2.30. The Morgan fingerprint density at radius 1 is 1.10 bits per heavy atom. The summed E-state index contributed by atoms with van der Waals surface area (Å²) in [5, 5.41) is 13.5. The van der Waals surface area contributed by atoms with Crippen LogP contribution in [0.2, 0.25) is 0 Å². The topological polar surface area (TPSA) is 60.4 Å². The van der Waals surface area contributed by atoms with E-state index in [0.29, 0.717) is 17.9 Å². The fourth-order valence-electron chi connectivity index (χ4n) is 4.76. The fourth-order valence-corrected chi connectivity index (χ4v) is 5.73. The molecule has 0 amide bonds. The van der Waals surface area contributed by atoms with E-state index in [9.17, 15) is 10.1 Å². The van der Waals surface area contributed by atoms with Gasteiger partial charge < -0.3 is 4.57 Å². The molecule has 0 bridgehead atoms. The van der Waals surface area contributed by atoms with Crippen LogP contribution in [0.15, 0.2) is 52.8 Å². The number of benzene rings is 2. The van der Waals surface area contributed by atoms with Gasteiger partial charge in [-0.25, -0.2) is 4.99 Å². The summed E-state index contributed by atoms with van der Waals surface area (Å²) in [5.41, 5.74) is 5.35. The van der Waals surface area contributed by atoms with E-state index >= 15 is 0 Å². The standard InChI is InChI=1S/C25H29N3O2S/c1-16-11-17(2)13-21(12-16)26-25-27(23-10-5-7-18(3)19(23)4)24(15-31-25)20-8-6-9-22(14-20)28(29)30/h6,8-9,11-15,18-19,23H,5,7,10H2,1-4H3. The van der Waals surface area contributed by atoms with Crippen molar-refractivity contribution in [2.45, 2.75) is 53.0 Å². The van der Waals surface area contributed by atoms with Gasteiger partial charge in [0, 0.05) is 29.1 Å². The smallest absolute Gasteiger partial charge is 0.270 e. The van der Waals surface area contributed by atoms with Crippen LogP contribution in [0.25, 0.3) is 11.3 Å². The third-order valence-corrected chi connectivity index (χ3v) is 7.36. The second-order valence-corrected chi connectivity index (χ2v) is 9.71. The van der Waals surface area contributed by atoms with Crippen molar-refractivity contribution >= 4 is 22.7 Å². The molecule has 31 heavy (non-hydrogen) atoms. The summed E-state index contributed by atoms with van der Waals surface area (Å²) in [7, 11) is 0. The molecule has 3 unspecified atom stereocenters. The van der Waals surface area contributed by atoms with Crippen LogP contribution in [0, 0.1) is 35.8 Å². The Morgan fingerprint density at radius 2 is 1.84 bits per heavy atom. The highest BCUT2D eigenvalue weighted by molar-refractivity contribution is 7.07. The summed E-state index contributed by atoms with van der Waals surface area (Å²) >= 11 is 1.62. The predicted octanol–water partition coefficient (Wildman–Crippen LogP) is 6.97. The van der Waals surface area contributed by atoms with Crippen LogP contribution in [0.1, 0.15) is 50.3 Å². The Kier molecular flexibility index (Phi) is 6.10. The van der Waals surface area contributed by atoms with Crippen LogP contribution in [-0.2, 0) is 0 Å². The maximum atomic E-state index is 11.4. The van der Waals surface area contributed by atoms with Crippen LogP contribution in [0.5, 0.6) is 0 Å². The maximum absolute atomic E-state index is 11.4. The van der Waals surface area contributed by atoms with E-state index in [4.69, 9.17) is 4.99 Å². The average molecular weight is 436 g/mol. The van der Waals surface area contributed by atoms with E-state index in [1.165, 1.54) is 24.0 Å². The zero-order valence-electron chi connectivity index (χ0n) is 18.5. The number of nitro groups is 1. The quantitative estimate of drug-likeness (QED) is 0.328. The minimum atomic E-state index is -0.327. The number of hydrogen-bond donors (Lipinski definition) is 0. The largest absolute Gasteiger partial charge is 0.313 e. The van der Waals surface area contributed by atoms with Gasteiger partial charge in [0.05, 0.1) is 16.3 Å². The molecule has 1 aliphatic carbocycles. The minimum Gasteiger partial charge on any atom is -0.313 e. The van der Waals surface area contributed by atoms with E-state index in [1.54, 1.807) is 29.5 Å². The third-order valence-electron chi connectivity index (χ3n) is 6.52.